The third-order valence-corrected chi connectivity index (χ3v) is 4.71. The van der Waals surface area contributed by atoms with Crippen molar-refractivity contribution in [2.75, 3.05) is 6.54 Å². The normalized spacial score (nSPS) is 15.2. The zero-order chi connectivity index (χ0) is 25.8. The highest BCUT2D eigenvalue weighted by Gasteiger charge is 2.32. The van der Waals surface area contributed by atoms with Gasteiger partial charge in [-0.2, -0.15) is 0 Å². The van der Waals surface area contributed by atoms with Crippen molar-refractivity contribution in [3.05, 3.63) is 18.2 Å². The number of carboxylic acid groups (broad SMARTS) is 1. The third-order valence-electron chi connectivity index (χ3n) is 4.71. The highest BCUT2D eigenvalue weighted by molar-refractivity contribution is 5.94. The number of nitrogens with zero attached hydrogens (tertiary/aromatic N) is 2. The standard InChI is InChI=1S/C19H33N9O6/c1-9(18(33)34)26-16(31)13(6-11-7-23-8-25-11)27-17(32)14(10(2)29)28-15(30)12(20)4-3-5-24-19(21)22/h7-10,12-14,29H,3-6,20H2,1-2H3,(H,23,25)(H,26,31)(H,27,32)(H,28,30)(H,33,34)(H4,21,22,24). The maximum Gasteiger partial charge on any atom is 0.325 e. The molecule has 190 valence electrons. The topological polar surface area (TPSA) is 264 Å². The zero-order valence-electron chi connectivity index (χ0n) is 19.0. The molecule has 5 unspecified atom stereocenters. The number of rotatable bonds is 14. The summed E-state index contributed by atoms with van der Waals surface area (Å²) in [7, 11) is 0. The van der Waals surface area contributed by atoms with Gasteiger partial charge in [-0.3, -0.25) is 24.2 Å². The summed E-state index contributed by atoms with van der Waals surface area (Å²) >= 11 is 0. The van der Waals surface area contributed by atoms with Crippen molar-refractivity contribution in [1.29, 1.82) is 0 Å². The van der Waals surface area contributed by atoms with Crippen molar-refractivity contribution in [3.8, 4) is 0 Å². The van der Waals surface area contributed by atoms with Gasteiger partial charge in [0.15, 0.2) is 5.96 Å². The summed E-state index contributed by atoms with van der Waals surface area (Å²) < 4.78 is 0. The molecule has 1 heterocycles. The van der Waals surface area contributed by atoms with Crippen LogP contribution in [-0.2, 0) is 25.6 Å². The molecule has 0 bridgehead atoms. The number of guanidine groups is 1. The minimum Gasteiger partial charge on any atom is -0.480 e. The van der Waals surface area contributed by atoms with Crippen LogP contribution in [0.5, 0.6) is 0 Å². The summed E-state index contributed by atoms with van der Waals surface area (Å²) in [4.78, 5) is 59.4. The predicted octanol–water partition coefficient (Wildman–Crippen LogP) is -3.73. The number of H-pyrrole nitrogens is 1. The third kappa shape index (κ3) is 9.83. The zero-order valence-corrected chi connectivity index (χ0v) is 19.0. The van der Waals surface area contributed by atoms with Gasteiger partial charge in [0.1, 0.15) is 18.1 Å². The largest absolute Gasteiger partial charge is 0.480 e. The lowest BCUT2D eigenvalue weighted by Crippen LogP contribution is -2.60. The summed E-state index contributed by atoms with van der Waals surface area (Å²) in [5.41, 5.74) is 16.8. The number of hydrogen-bond acceptors (Lipinski definition) is 8. The van der Waals surface area contributed by atoms with Gasteiger partial charge in [0.2, 0.25) is 17.7 Å². The fourth-order valence-electron chi connectivity index (χ4n) is 2.78. The quantitative estimate of drug-likeness (QED) is 0.0709. The van der Waals surface area contributed by atoms with Crippen molar-refractivity contribution in [1.82, 2.24) is 25.9 Å². The lowest BCUT2D eigenvalue weighted by molar-refractivity contribution is -0.142. The van der Waals surface area contributed by atoms with Crippen LogP contribution >= 0.6 is 0 Å². The van der Waals surface area contributed by atoms with Crippen molar-refractivity contribution in [3.63, 3.8) is 0 Å². The van der Waals surface area contributed by atoms with E-state index in [0.29, 0.717) is 12.1 Å². The molecule has 3 amide bonds. The van der Waals surface area contributed by atoms with E-state index in [4.69, 9.17) is 22.3 Å². The number of aromatic amines is 1. The molecule has 0 aliphatic rings. The van der Waals surface area contributed by atoms with Crippen LogP contribution in [0.3, 0.4) is 0 Å². The first kappa shape index (κ1) is 28.3. The monoisotopic (exact) mass is 483 g/mol. The highest BCUT2D eigenvalue weighted by Crippen LogP contribution is 2.04. The molecule has 1 aromatic rings. The van der Waals surface area contributed by atoms with Crippen molar-refractivity contribution < 1.29 is 29.4 Å². The maximum absolute atomic E-state index is 12.8. The molecule has 0 aliphatic heterocycles. The molecule has 0 saturated heterocycles. The number of imidazole rings is 1. The number of aliphatic imine (C=N–C) groups is 1. The number of carbonyl (C=O) groups excluding carboxylic acids is 3. The Bertz CT molecular complexity index is 854. The molecule has 0 fully saturated rings. The van der Waals surface area contributed by atoms with Gasteiger partial charge in [0.05, 0.1) is 18.5 Å². The molecule has 0 aromatic carbocycles. The number of nitrogens with one attached hydrogen (secondary N) is 4. The molecule has 0 spiro atoms. The average Bonchev–Trinajstić information content (AvgIpc) is 3.26. The van der Waals surface area contributed by atoms with Crippen LogP contribution in [0.4, 0.5) is 0 Å². The Labute approximate surface area is 195 Å². The molecule has 15 heteroatoms. The molecule has 15 nitrogen and oxygen atoms in total. The fraction of sp³-hybridized carbons (Fsp3) is 0.579. The second-order valence-electron chi connectivity index (χ2n) is 7.69. The average molecular weight is 484 g/mol. The molecule has 0 saturated carbocycles. The fourth-order valence-corrected chi connectivity index (χ4v) is 2.78. The van der Waals surface area contributed by atoms with E-state index >= 15 is 0 Å². The van der Waals surface area contributed by atoms with Crippen LogP contribution in [0.25, 0.3) is 0 Å². The van der Waals surface area contributed by atoms with E-state index in [1.54, 1.807) is 0 Å². The van der Waals surface area contributed by atoms with E-state index in [-0.39, 0.29) is 25.3 Å². The van der Waals surface area contributed by atoms with Gasteiger partial charge < -0.3 is 48.3 Å². The number of aliphatic carboxylic acids is 1. The molecular formula is C19H33N9O6. The number of hydrogen-bond donors (Lipinski definition) is 9. The summed E-state index contributed by atoms with van der Waals surface area (Å²) in [5.74, 6) is -3.68. The Morgan fingerprint density at radius 2 is 1.79 bits per heavy atom. The first-order valence-electron chi connectivity index (χ1n) is 10.5. The molecule has 34 heavy (non-hydrogen) atoms. The smallest absolute Gasteiger partial charge is 0.325 e. The van der Waals surface area contributed by atoms with E-state index < -0.39 is 54.0 Å². The molecule has 5 atom stereocenters. The van der Waals surface area contributed by atoms with Gasteiger partial charge in [0, 0.05) is 24.9 Å². The summed E-state index contributed by atoms with van der Waals surface area (Å²) in [5, 5.41) is 26.2. The number of aromatic nitrogens is 2. The minimum absolute atomic E-state index is 0.0469. The SMILES string of the molecule is CC(NC(=O)C(Cc1cnc[nH]1)NC(=O)C(NC(=O)C(N)CCCN=C(N)N)C(C)O)C(=O)O. The van der Waals surface area contributed by atoms with Crippen LogP contribution in [-0.4, -0.2) is 86.6 Å². The van der Waals surface area contributed by atoms with Crippen molar-refractivity contribution in [2.24, 2.45) is 22.2 Å². The Kier molecular flexibility index (Phi) is 11.4. The number of aliphatic hydroxyl groups excluding tert-OH is 1. The maximum atomic E-state index is 12.8. The molecule has 1 aromatic heterocycles. The first-order chi connectivity index (χ1) is 15.9. The minimum atomic E-state index is -1.43. The number of nitrogens with two attached hydrogens (primary N) is 3. The van der Waals surface area contributed by atoms with Crippen molar-refractivity contribution in [2.45, 2.75) is 63.4 Å². The van der Waals surface area contributed by atoms with Gasteiger partial charge in [0.25, 0.3) is 0 Å². The van der Waals surface area contributed by atoms with E-state index in [1.165, 1.54) is 26.4 Å². The van der Waals surface area contributed by atoms with Crippen molar-refractivity contribution >= 4 is 29.7 Å². The molecule has 12 N–H and O–H groups in total. The van der Waals surface area contributed by atoms with Gasteiger partial charge in [-0.05, 0) is 26.7 Å². The molecule has 0 aliphatic carbocycles. The van der Waals surface area contributed by atoms with Crippen LogP contribution < -0.4 is 33.2 Å². The van der Waals surface area contributed by atoms with Gasteiger partial charge in [-0.25, -0.2) is 4.98 Å². The van der Waals surface area contributed by atoms with Crippen LogP contribution in [0.2, 0.25) is 0 Å². The van der Waals surface area contributed by atoms with Crippen LogP contribution in [0, 0.1) is 0 Å². The summed E-state index contributed by atoms with van der Waals surface area (Å²) in [6.45, 7) is 2.82. The summed E-state index contributed by atoms with van der Waals surface area (Å²) in [6, 6.07) is -4.85. The van der Waals surface area contributed by atoms with Crippen LogP contribution in [0.1, 0.15) is 32.4 Å². The van der Waals surface area contributed by atoms with E-state index in [0.717, 1.165) is 0 Å². The Hall–Kier alpha value is -3.72. The van der Waals surface area contributed by atoms with E-state index in [1.807, 2.05) is 0 Å². The lowest BCUT2D eigenvalue weighted by atomic mass is 10.1. The van der Waals surface area contributed by atoms with Crippen LogP contribution in [0.15, 0.2) is 17.5 Å². The predicted molar refractivity (Wildman–Crippen MR) is 121 cm³/mol. The Morgan fingerprint density at radius 1 is 1.12 bits per heavy atom. The lowest BCUT2D eigenvalue weighted by Gasteiger charge is -2.26. The second-order valence-corrected chi connectivity index (χ2v) is 7.69. The van der Waals surface area contributed by atoms with Gasteiger partial charge in [-0.15, -0.1) is 0 Å². The second kappa shape index (κ2) is 13.7. The van der Waals surface area contributed by atoms with E-state index in [9.17, 15) is 24.3 Å². The molecule has 0 radical (unpaired) electrons. The van der Waals surface area contributed by atoms with Gasteiger partial charge >= 0.3 is 5.97 Å². The highest BCUT2D eigenvalue weighted by atomic mass is 16.4. The molecular weight excluding hydrogens is 450 g/mol. The Morgan fingerprint density at radius 3 is 2.32 bits per heavy atom. The van der Waals surface area contributed by atoms with Gasteiger partial charge in [-0.1, -0.05) is 0 Å². The number of carbonyl (C=O) groups is 4. The summed E-state index contributed by atoms with van der Waals surface area (Å²) in [6.07, 6.45) is 2.06. The molecule has 1 rings (SSSR count). The Balaban J connectivity index is 2.86. The van der Waals surface area contributed by atoms with E-state index in [2.05, 4.69) is 30.9 Å². The number of carboxylic acids is 1. The first-order valence-corrected chi connectivity index (χ1v) is 10.5. The number of amides is 3. The number of aliphatic hydroxyl groups is 1.